The van der Waals surface area contributed by atoms with E-state index in [4.69, 9.17) is 5.26 Å². The number of anilines is 1. The first-order valence-corrected chi connectivity index (χ1v) is 11.7. The van der Waals surface area contributed by atoms with Crippen molar-refractivity contribution in [3.63, 3.8) is 0 Å². The molecule has 196 valence electrons. The number of carbonyl (C=O) groups is 1. The highest BCUT2D eigenvalue weighted by atomic mass is 19.4. The molecule has 0 radical (unpaired) electrons. The molecule has 2 aromatic heterocycles. The average molecular weight is 521 g/mol. The van der Waals surface area contributed by atoms with Crippen molar-refractivity contribution in [3.05, 3.63) is 102 Å². The van der Waals surface area contributed by atoms with Crippen molar-refractivity contribution in [2.24, 2.45) is 7.05 Å². The largest absolute Gasteiger partial charge is 0.416 e. The Kier molecular flexibility index (Phi) is 9.73. The number of nitrogens with one attached hydrogen (secondary N) is 2. The zero-order chi connectivity index (χ0) is 27.5. The van der Waals surface area contributed by atoms with Crippen LogP contribution in [0.5, 0.6) is 0 Å². The van der Waals surface area contributed by atoms with E-state index in [0.29, 0.717) is 11.4 Å². The van der Waals surface area contributed by atoms with E-state index in [1.54, 1.807) is 29.2 Å². The number of benzene rings is 2. The molecule has 0 unspecified atom stereocenters. The molecule has 2 N–H and O–H groups in total. The normalized spacial score (nSPS) is 10.7. The van der Waals surface area contributed by atoms with Crippen LogP contribution in [-0.2, 0) is 30.9 Å². The van der Waals surface area contributed by atoms with Crippen molar-refractivity contribution in [1.29, 1.82) is 5.26 Å². The molecule has 1 amide bonds. The summed E-state index contributed by atoms with van der Waals surface area (Å²) in [4.78, 5) is 16.2. The fourth-order valence-electron chi connectivity index (χ4n) is 3.41. The quantitative estimate of drug-likeness (QED) is 0.358. The van der Waals surface area contributed by atoms with Crippen molar-refractivity contribution < 1.29 is 18.0 Å². The maximum Gasteiger partial charge on any atom is 0.416 e. The number of rotatable bonds is 7. The molecule has 7 nitrogen and oxygen atoms in total. The Hall–Kier alpha value is -4.49. The molecular formula is C28H27F3N6O. The Balaban J connectivity index is 0.000000279. The third-order valence-electron chi connectivity index (χ3n) is 5.46. The first kappa shape index (κ1) is 28.1. The minimum atomic E-state index is -4.39. The summed E-state index contributed by atoms with van der Waals surface area (Å²) in [6.45, 7) is 0.978. The number of aromatic nitrogens is 3. The number of likely N-dealkylation sites (N-methyl/N-ethyl adjacent to an activating group) is 1. The third-order valence-corrected chi connectivity index (χ3v) is 5.46. The number of hydrogen-bond acceptors (Lipinski definition) is 5. The molecule has 4 rings (SSSR count). The highest BCUT2D eigenvalue weighted by Crippen LogP contribution is 2.29. The number of alkyl halides is 3. The monoisotopic (exact) mass is 520 g/mol. The summed E-state index contributed by atoms with van der Waals surface area (Å²) < 4.78 is 39.3. The van der Waals surface area contributed by atoms with Crippen molar-refractivity contribution in [1.82, 2.24) is 20.1 Å². The predicted octanol–water partition coefficient (Wildman–Crippen LogP) is 5.00. The summed E-state index contributed by atoms with van der Waals surface area (Å²) in [5.41, 5.74) is 3.50. The summed E-state index contributed by atoms with van der Waals surface area (Å²) in [5.74, 6) is 0.0148. The van der Waals surface area contributed by atoms with Gasteiger partial charge in [-0.2, -0.15) is 23.5 Å². The Morgan fingerprint density at radius 1 is 0.974 bits per heavy atom. The van der Waals surface area contributed by atoms with Crippen LogP contribution in [0.2, 0.25) is 0 Å². The highest BCUT2D eigenvalue weighted by molar-refractivity contribution is 5.91. The number of nitriles is 1. The summed E-state index contributed by atoms with van der Waals surface area (Å²) >= 11 is 0. The van der Waals surface area contributed by atoms with Crippen molar-refractivity contribution in [2.75, 3.05) is 18.9 Å². The van der Waals surface area contributed by atoms with Gasteiger partial charge in [0.25, 0.3) is 0 Å². The lowest BCUT2D eigenvalue weighted by Gasteiger charge is -2.08. The number of pyridine rings is 1. The molecule has 38 heavy (non-hydrogen) atoms. The van der Waals surface area contributed by atoms with Gasteiger partial charge in [-0.05, 0) is 67.5 Å². The van der Waals surface area contributed by atoms with Crippen molar-refractivity contribution in [2.45, 2.75) is 19.0 Å². The van der Waals surface area contributed by atoms with E-state index in [-0.39, 0.29) is 12.3 Å². The van der Waals surface area contributed by atoms with Gasteiger partial charge in [-0.3, -0.25) is 9.48 Å². The van der Waals surface area contributed by atoms with Crippen LogP contribution in [0.3, 0.4) is 0 Å². The van der Waals surface area contributed by atoms with Gasteiger partial charge in [-0.25, -0.2) is 4.98 Å². The van der Waals surface area contributed by atoms with Crippen LogP contribution in [0.15, 0.2) is 79.3 Å². The fourth-order valence-corrected chi connectivity index (χ4v) is 3.41. The van der Waals surface area contributed by atoms with Crippen LogP contribution in [0.1, 0.15) is 22.3 Å². The molecule has 2 heterocycles. The molecule has 0 bridgehead atoms. The number of carbonyl (C=O) groups excluding carboxylic acids is 1. The smallest absolute Gasteiger partial charge is 0.319 e. The van der Waals surface area contributed by atoms with Crippen LogP contribution in [0, 0.1) is 11.3 Å². The topological polar surface area (TPSA) is 95.6 Å². The highest BCUT2D eigenvalue weighted by Gasteiger charge is 2.29. The lowest BCUT2D eigenvalue weighted by atomic mass is 10.1. The SMILES string of the molecule is CNCCc1ccc(C#N)cc1.Cn1cc(-c2ccc(NC(=O)Cc3ccc(C(F)(F)F)cc3)nc2)cn1. The molecule has 0 aliphatic rings. The van der Waals surface area contributed by atoms with Crippen LogP contribution >= 0.6 is 0 Å². The molecule has 0 fully saturated rings. The van der Waals surface area contributed by atoms with E-state index in [0.717, 1.165) is 41.8 Å². The Morgan fingerprint density at radius 3 is 2.18 bits per heavy atom. The number of amides is 1. The van der Waals surface area contributed by atoms with E-state index in [2.05, 4.69) is 26.8 Å². The van der Waals surface area contributed by atoms with Gasteiger partial charge < -0.3 is 10.6 Å². The molecule has 10 heteroatoms. The van der Waals surface area contributed by atoms with Crippen LogP contribution in [0.4, 0.5) is 19.0 Å². The maximum atomic E-state index is 12.5. The van der Waals surface area contributed by atoms with Gasteiger partial charge in [-0.1, -0.05) is 24.3 Å². The summed E-state index contributed by atoms with van der Waals surface area (Å²) in [6.07, 6.45) is 1.76. The van der Waals surface area contributed by atoms with E-state index in [1.165, 1.54) is 17.7 Å². The molecule has 0 atom stereocenters. The van der Waals surface area contributed by atoms with Crippen molar-refractivity contribution >= 4 is 11.7 Å². The number of halogens is 3. The average Bonchev–Trinajstić information content (AvgIpc) is 3.34. The summed E-state index contributed by atoms with van der Waals surface area (Å²) in [7, 11) is 3.75. The van der Waals surface area contributed by atoms with Crippen LogP contribution < -0.4 is 10.6 Å². The van der Waals surface area contributed by atoms with Gasteiger partial charge >= 0.3 is 6.18 Å². The first-order valence-electron chi connectivity index (χ1n) is 11.7. The zero-order valence-electron chi connectivity index (χ0n) is 21.0. The van der Waals surface area contributed by atoms with Gasteiger partial charge in [0.15, 0.2) is 0 Å². The number of aryl methyl sites for hydroxylation is 1. The van der Waals surface area contributed by atoms with Gasteiger partial charge in [0.05, 0.1) is 29.8 Å². The summed E-state index contributed by atoms with van der Waals surface area (Å²) in [5, 5.41) is 18.3. The maximum absolute atomic E-state index is 12.5. The van der Waals surface area contributed by atoms with Gasteiger partial charge in [0.1, 0.15) is 5.82 Å². The van der Waals surface area contributed by atoms with Crippen molar-refractivity contribution in [3.8, 4) is 17.2 Å². The molecule has 0 spiro atoms. The summed E-state index contributed by atoms with van der Waals surface area (Å²) in [6, 6.07) is 17.8. The second-order valence-electron chi connectivity index (χ2n) is 8.42. The molecule has 0 saturated carbocycles. The van der Waals surface area contributed by atoms with Gasteiger partial charge in [-0.15, -0.1) is 0 Å². The third kappa shape index (κ3) is 8.57. The second-order valence-corrected chi connectivity index (χ2v) is 8.42. The van der Waals surface area contributed by atoms with E-state index in [1.807, 2.05) is 44.6 Å². The molecule has 0 aliphatic heterocycles. The minimum Gasteiger partial charge on any atom is -0.319 e. The second kappa shape index (κ2) is 13.2. The standard InChI is InChI=1S/C18H15F3N4O.C10H12N2/c1-25-11-14(10-23-25)13-4-7-16(22-9-13)24-17(26)8-12-2-5-15(6-3-12)18(19,20)21;1-12-7-6-9-2-4-10(8-11)5-3-9/h2-7,9-11H,8H2,1H3,(H,22,24,26);2-5,12H,6-7H2,1H3. The minimum absolute atomic E-state index is 0.0375. The lowest BCUT2D eigenvalue weighted by molar-refractivity contribution is -0.137. The van der Waals surface area contributed by atoms with Crippen LogP contribution in [0.25, 0.3) is 11.1 Å². The Bertz CT molecular complexity index is 1360. The van der Waals surface area contributed by atoms with Crippen LogP contribution in [-0.4, -0.2) is 34.3 Å². The van der Waals surface area contributed by atoms with E-state index < -0.39 is 11.7 Å². The van der Waals surface area contributed by atoms with Gasteiger partial charge in [0.2, 0.25) is 5.91 Å². The Labute approximate surface area is 219 Å². The van der Waals surface area contributed by atoms with Gasteiger partial charge in [0, 0.05) is 30.6 Å². The molecular weight excluding hydrogens is 493 g/mol. The molecule has 2 aromatic carbocycles. The number of nitrogens with zero attached hydrogens (tertiary/aromatic N) is 4. The zero-order valence-corrected chi connectivity index (χ0v) is 21.0. The Morgan fingerprint density at radius 2 is 1.66 bits per heavy atom. The van der Waals surface area contributed by atoms with E-state index >= 15 is 0 Å². The predicted molar refractivity (Wildman–Crippen MR) is 139 cm³/mol. The molecule has 0 saturated heterocycles. The fraction of sp³-hybridized carbons (Fsp3) is 0.214. The molecule has 4 aromatic rings. The van der Waals surface area contributed by atoms with E-state index in [9.17, 15) is 18.0 Å². The first-order chi connectivity index (χ1) is 18.2. The lowest BCUT2D eigenvalue weighted by Crippen LogP contribution is -2.15. The number of hydrogen-bond donors (Lipinski definition) is 2. The molecule has 0 aliphatic carbocycles.